The van der Waals surface area contributed by atoms with Gasteiger partial charge in [-0.2, -0.15) is 9.57 Å². The van der Waals surface area contributed by atoms with Crippen LogP contribution in [0.15, 0.2) is 23.2 Å². The molecule has 3 rings (SSSR count). The fourth-order valence-electron chi connectivity index (χ4n) is 3.92. The van der Waals surface area contributed by atoms with E-state index in [1.165, 1.54) is 16.6 Å². The first-order valence-electron chi connectivity index (χ1n) is 7.92. The maximum absolute atomic E-state index is 12.9. The van der Waals surface area contributed by atoms with Gasteiger partial charge in [-0.25, -0.2) is 13.4 Å². The predicted octanol–water partition coefficient (Wildman–Crippen LogP) is 1.92. The van der Waals surface area contributed by atoms with Gasteiger partial charge >= 0.3 is 0 Å². The Hall–Kier alpha value is -1.49. The lowest BCUT2D eigenvalue weighted by molar-refractivity contribution is -0.187. The number of nitriles is 1. The van der Waals surface area contributed by atoms with Crippen LogP contribution in [-0.4, -0.2) is 43.5 Å². The molecule has 2 saturated carbocycles. The normalized spacial score (nSPS) is 25.7. The van der Waals surface area contributed by atoms with Crippen LogP contribution in [0.4, 0.5) is 0 Å². The van der Waals surface area contributed by atoms with Crippen LogP contribution < -0.4 is 0 Å². The molecule has 23 heavy (non-hydrogen) atoms. The first-order chi connectivity index (χ1) is 11.0. The Bertz CT molecular complexity index is 737. The van der Waals surface area contributed by atoms with Gasteiger partial charge in [0.25, 0.3) is 0 Å². The minimum atomic E-state index is -3.73. The number of sulfonamides is 1. The second-order valence-electron chi connectivity index (χ2n) is 6.27. The molecule has 0 radical (unpaired) electrons. The monoisotopic (exact) mass is 335 g/mol. The molecule has 0 aromatic carbocycles. The molecule has 2 atom stereocenters. The Morgan fingerprint density at radius 2 is 2.26 bits per heavy atom. The second-order valence-corrected chi connectivity index (χ2v) is 8.23. The minimum absolute atomic E-state index is 0.0145. The van der Waals surface area contributed by atoms with Gasteiger partial charge < -0.3 is 4.74 Å². The summed E-state index contributed by atoms with van der Waals surface area (Å²) in [5.74, 6) is 0. The zero-order valence-electron chi connectivity index (χ0n) is 13.4. The van der Waals surface area contributed by atoms with E-state index in [-0.39, 0.29) is 28.2 Å². The zero-order chi connectivity index (χ0) is 16.7. The predicted molar refractivity (Wildman–Crippen MR) is 84.0 cm³/mol. The Balaban J connectivity index is 1.89. The van der Waals surface area contributed by atoms with Crippen molar-refractivity contribution in [3.8, 4) is 6.07 Å². The summed E-state index contributed by atoms with van der Waals surface area (Å²) >= 11 is 0. The van der Waals surface area contributed by atoms with E-state index < -0.39 is 10.0 Å². The molecule has 0 unspecified atom stereocenters. The summed E-state index contributed by atoms with van der Waals surface area (Å²) in [6.07, 6.45) is 5.41. The maximum Gasteiger partial charge on any atom is 0.245 e. The van der Waals surface area contributed by atoms with Gasteiger partial charge in [0.05, 0.1) is 6.10 Å². The fraction of sp³-hybridized carbons (Fsp3) is 0.625. The molecule has 1 heterocycles. The van der Waals surface area contributed by atoms with E-state index in [9.17, 15) is 8.42 Å². The second kappa shape index (κ2) is 5.86. The van der Waals surface area contributed by atoms with Crippen molar-refractivity contribution in [2.24, 2.45) is 5.41 Å². The summed E-state index contributed by atoms with van der Waals surface area (Å²) in [6, 6.07) is 4.80. The number of ether oxygens (including phenoxy) is 1. The summed E-state index contributed by atoms with van der Waals surface area (Å²) in [5, 5.41) is 9.13. The van der Waals surface area contributed by atoms with Gasteiger partial charge in [-0.05, 0) is 38.3 Å². The molecule has 0 amide bonds. The number of pyridine rings is 1. The Labute approximate surface area is 137 Å². The van der Waals surface area contributed by atoms with Crippen LogP contribution in [0.1, 0.15) is 38.3 Å². The molecule has 1 spiro atoms. The van der Waals surface area contributed by atoms with Gasteiger partial charge in [0.2, 0.25) is 10.0 Å². The van der Waals surface area contributed by atoms with Gasteiger partial charge in [-0.3, -0.25) is 0 Å². The Kier molecular flexibility index (Phi) is 4.17. The molecule has 1 aromatic heterocycles. The van der Waals surface area contributed by atoms with Crippen molar-refractivity contribution >= 4 is 10.0 Å². The van der Waals surface area contributed by atoms with Gasteiger partial charge in [0.15, 0.2) is 5.69 Å². The van der Waals surface area contributed by atoms with Gasteiger partial charge in [0.1, 0.15) is 11.0 Å². The van der Waals surface area contributed by atoms with Crippen LogP contribution in [0.3, 0.4) is 0 Å². The van der Waals surface area contributed by atoms with Gasteiger partial charge in [-0.15, -0.1) is 0 Å². The van der Waals surface area contributed by atoms with Crippen LogP contribution in [0.2, 0.25) is 0 Å². The lowest BCUT2D eigenvalue weighted by atomic mass is 9.51. The van der Waals surface area contributed by atoms with Crippen molar-refractivity contribution < 1.29 is 13.2 Å². The molecule has 0 bridgehead atoms. The Morgan fingerprint density at radius 1 is 1.52 bits per heavy atom. The highest BCUT2D eigenvalue weighted by Gasteiger charge is 2.61. The van der Waals surface area contributed by atoms with E-state index in [0.29, 0.717) is 13.0 Å². The fourth-order valence-corrected chi connectivity index (χ4v) is 5.45. The average molecular weight is 335 g/mol. The highest BCUT2D eigenvalue weighted by atomic mass is 32.2. The SMILES string of the molecule is CCO[C@H]1C[C@@H](N(C)S(=O)(=O)c2cccnc2C#N)C12CCC2. The molecule has 2 fully saturated rings. The molecule has 2 aliphatic carbocycles. The molecular weight excluding hydrogens is 314 g/mol. The highest BCUT2D eigenvalue weighted by molar-refractivity contribution is 7.89. The molecule has 0 saturated heterocycles. The summed E-state index contributed by atoms with van der Waals surface area (Å²) < 4.78 is 33.1. The molecule has 6 nitrogen and oxygen atoms in total. The third-order valence-corrected chi connectivity index (χ3v) is 7.27. The number of rotatable bonds is 5. The summed E-state index contributed by atoms with van der Waals surface area (Å²) in [4.78, 5) is 3.86. The van der Waals surface area contributed by atoms with Crippen LogP contribution in [0.25, 0.3) is 0 Å². The molecule has 0 N–H and O–H groups in total. The quantitative estimate of drug-likeness (QED) is 0.821. The zero-order valence-corrected chi connectivity index (χ0v) is 14.2. The lowest BCUT2D eigenvalue weighted by Crippen LogP contribution is -2.67. The largest absolute Gasteiger partial charge is 0.378 e. The van der Waals surface area contributed by atoms with Crippen molar-refractivity contribution in [1.82, 2.24) is 9.29 Å². The Morgan fingerprint density at radius 3 is 2.83 bits per heavy atom. The third-order valence-electron chi connectivity index (χ3n) is 5.37. The molecule has 124 valence electrons. The average Bonchev–Trinajstić information content (AvgIpc) is 2.48. The molecule has 7 heteroatoms. The van der Waals surface area contributed by atoms with Gasteiger partial charge in [-0.1, -0.05) is 6.42 Å². The molecule has 0 aliphatic heterocycles. The molecule has 1 aromatic rings. The van der Waals surface area contributed by atoms with E-state index in [2.05, 4.69) is 4.98 Å². The summed E-state index contributed by atoms with van der Waals surface area (Å²) in [6.45, 7) is 2.62. The van der Waals surface area contributed by atoms with Crippen molar-refractivity contribution in [2.45, 2.75) is 49.6 Å². The van der Waals surface area contributed by atoms with Crippen molar-refractivity contribution in [3.05, 3.63) is 24.0 Å². The highest BCUT2D eigenvalue weighted by Crippen LogP contribution is 2.59. The lowest BCUT2D eigenvalue weighted by Gasteiger charge is -2.62. The maximum atomic E-state index is 12.9. The number of hydrogen-bond acceptors (Lipinski definition) is 5. The van der Waals surface area contributed by atoms with E-state index in [0.717, 1.165) is 19.3 Å². The molecular formula is C16H21N3O3S. The van der Waals surface area contributed by atoms with E-state index in [1.807, 2.05) is 13.0 Å². The summed E-state index contributed by atoms with van der Waals surface area (Å²) in [5.41, 5.74) is -0.102. The van der Waals surface area contributed by atoms with Gasteiger partial charge in [0, 0.05) is 31.3 Å². The van der Waals surface area contributed by atoms with Crippen molar-refractivity contribution in [1.29, 1.82) is 5.26 Å². The van der Waals surface area contributed by atoms with Crippen LogP contribution in [0.5, 0.6) is 0 Å². The first kappa shape index (κ1) is 16.4. The van der Waals surface area contributed by atoms with E-state index in [1.54, 1.807) is 13.1 Å². The van der Waals surface area contributed by atoms with E-state index >= 15 is 0 Å². The minimum Gasteiger partial charge on any atom is -0.378 e. The summed E-state index contributed by atoms with van der Waals surface area (Å²) in [7, 11) is -2.13. The smallest absolute Gasteiger partial charge is 0.245 e. The first-order valence-corrected chi connectivity index (χ1v) is 9.36. The number of aromatic nitrogens is 1. The van der Waals surface area contributed by atoms with Crippen LogP contribution in [-0.2, 0) is 14.8 Å². The van der Waals surface area contributed by atoms with E-state index in [4.69, 9.17) is 10.00 Å². The third kappa shape index (κ3) is 2.36. The van der Waals surface area contributed by atoms with Crippen LogP contribution >= 0.6 is 0 Å². The topological polar surface area (TPSA) is 83.3 Å². The number of hydrogen-bond donors (Lipinski definition) is 0. The van der Waals surface area contributed by atoms with Crippen LogP contribution in [0, 0.1) is 16.7 Å². The molecule has 2 aliphatic rings. The number of nitrogens with zero attached hydrogens (tertiary/aromatic N) is 3. The van der Waals surface area contributed by atoms with Crippen molar-refractivity contribution in [2.75, 3.05) is 13.7 Å². The van der Waals surface area contributed by atoms with Crippen molar-refractivity contribution in [3.63, 3.8) is 0 Å². The standard InChI is InChI=1S/C16H21N3O3S/c1-3-22-15-10-14(16(15)7-5-8-16)19(2)23(20,21)13-6-4-9-18-12(13)11-17/h4,6,9,14-15H,3,5,7-8,10H2,1-2H3/t14-,15+/m1/s1.